The van der Waals surface area contributed by atoms with E-state index in [9.17, 15) is 4.79 Å². The Kier molecular flexibility index (Phi) is 7.30. The molecule has 2 rings (SSSR count). The van der Waals surface area contributed by atoms with Crippen molar-refractivity contribution in [2.75, 3.05) is 19.7 Å². The molecule has 1 amide bonds. The lowest BCUT2D eigenvalue weighted by molar-refractivity contribution is -0.119. The fraction of sp³-hybridized carbons (Fsp3) is 0.350. The van der Waals surface area contributed by atoms with Gasteiger partial charge in [-0.1, -0.05) is 49.4 Å². The van der Waals surface area contributed by atoms with Crippen molar-refractivity contribution in [2.45, 2.75) is 26.3 Å². The van der Waals surface area contributed by atoms with E-state index in [1.807, 2.05) is 24.3 Å². The van der Waals surface area contributed by atoms with Gasteiger partial charge < -0.3 is 10.5 Å². The van der Waals surface area contributed by atoms with E-state index in [1.54, 1.807) is 0 Å². The maximum Gasteiger partial charge on any atom is 0.255 e. The zero-order valence-electron chi connectivity index (χ0n) is 14.3. The second-order valence-electron chi connectivity index (χ2n) is 5.91. The topological polar surface area (TPSA) is 55.6 Å². The fourth-order valence-corrected chi connectivity index (χ4v) is 2.62. The summed E-state index contributed by atoms with van der Waals surface area (Å²) in [5.41, 5.74) is 7.68. The number of carbonyl (C=O) groups excluding carboxylic acids is 1. The Balaban J connectivity index is 1.85. The van der Waals surface area contributed by atoms with Crippen molar-refractivity contribution in [1.29, 1.82) is 0 Å². The molecule has 0 fully saturated rings. The first-order valence-electron chi connectivity index (χ1n) is 8.43. The van der Waals surface area contributed by atoms with Gasteiger partial charge in [0.25, 0.3) is 5.91 Å². The molecule has 4 heteroatoms. The predicted molar refractivity (Wildman–Crippen MR) is 96.8 cm³/mol. The lowest BCUT2D eigenvalue weighted by Gasteiger charge is -2.22. The van der Waals surface area contributed by atoms with Crippen LogP contribution in [0.15, 0.2) is 54.6 Å². The number of primary amides is 1. The zero-order valence-corrected chi connectivity index (χ0v) is 14.3. The lowest BCUT2D eigenvalue weighted by Crippen LogP contribution is -2.26. The molecule has 0 spiro atoms. The van der Waals surface area contributed by atoms with Crippen LogP contribution in [0.4, 0.5) is 0 Å². The van der Waals surface area contributed by atoms with Gasteiger partial charge in [-0.05, 0) is 42.6 Å². The second kappa shape index (κ2) is 9.73. The summed E-state index contributed by atoms with van der Waals surface area (Å²) < 4.78 is 5.28. The summed E-state index contributed by atoms with van der Waals surface area (Å²) in [4.78, 5) is 13.2. The smallest absolute Gasteiger partial charge is 0.255 e. The van der Waals surface area contributed by atoms with Crippen molar-refractivity contribution in [3.05, 3.63) is 65.7 Å². The van der Waals surface area contributed by atoms with E-state index in [1.165, 1.54) is 11.1 Å². The fourth-order valence-electron chi connectivity index (χ4n) is 2.62. The molecular formula is C20H26N2O2. The number of nitrogens with zero attached hydrogens (tertiary/aromatic N) is 1. The molecular weight excluding hydrogens is 300 g/mol. The Hall–Kier alpha value is -2.33. The Bertz CT molecular complexity index is 611. The summed E-state index contributed by atoms with van der Waals surface area (Å²) in [6.07, 6.45) is 2.13. The van der Waals surface area contributed by atoms with Crippen LogP contribution < -0.4 is 10.5 Å². The van der Waals surface area contributed by atoms with Gasteiger partial charge in [-0.3, -0.25) is 9.69 Å². The van der Waals surface area contributed by atoms with Gasteiger partial charge >= 0.3 is 0 Å². The Morgan fingerprint density at radius 1 is 1.00 bits per heavy atom. The number of rotatable bonds is 10. The molecule has 0 radical (unpaired) electrons. The number of carbonyl (C=O) groups is 1. The largest absolute Gasteiger partial charge is 0.484 e. The molecule has 128 valence electrons. The number of benzene rings is 2. The molecule has 0 aliphatic rings. The van der Waals surface area contributed by atoms with E-state index in [4.69, 9.17) is 10.5 Å². The van der Waals surface area contributed by atoms with Gasteiger partial charge in [0.05, 0.1) is 0 Å². The number of nitrogens with two attached hydrogens (primary N) is 1. The average Bonchev–Trinajstić information content (AvgIpc) is 2.60. The van der Waals surface area contributed by atoms with Gasteiger partial charge in [-0.2, -0.15) is 0 Å². The first-order valence-corrected chi connectivity index (χ1v) is 8.43. The molecule has 2 aromatic carbocycles. The van der Waals surface area contributed by atoms with Crippen molar-refractivity contribution in [1.82, 2.24) is 4.90 Å². The highest BCUT2D eigenvalue weighted by Gasteiger charge is 2.06. The first-order chi connectivity index (χ1) is 11.7. The number of hydrogen-bond donors (Lipinski definition) is 1. The maximum absolute atomic E-state index is 10.7. The summed E-state index contributed by atoms with van der Waals surface area (Å²) >= 11 is 0. The van der Waals surface area contributed by atoms with Crippen LogP contribution >= 0.6 is 0 Å². The van der Waals surface area contributed by atoms with Crippen LogP contribution in [0.25, 0.3) is 0 Å². The lowest BCUT2D eigenvalue weighted by atomic mass is 10.1. The molecule has 0 atom stereocenters. The van der Waals surface area contributed by atoms with Crippen LogP contribution in [0.3, 0.4) is 0 Å². The number of hydrogen-bond acceptors (Lipinski definition) is 3. The molecule has 0 aliphatic heterocycles. The minimum atomic E-state index is -0.463. The van der Waals surface area contributed by atoms with Crippen LogP contribution in [-0.2, 0) is 17.8 Å². The van der Waals surface area contributed by atoms with Crippen molar-refractivity contribution in [3.8, 4) is 5.75 Å². The SMILES string of the molecule is CCCN(CCc1ccc(OCC(N)=O)cc1)Cc1ccccc1. The minimum Gasteiger partial charge on any atom is -0.484 e. The summed E-state index contributed by atoms with van der Waals surface area (Å²) in [7, 11) is 0. The average molecular weight is 326 g/mol. The maximum atomic E-state index is 10.7. The van der Waals surface area contributed by atoms with Gasteiger partial charge in [-0.25, -0.2) is 0 Å². The normalized spacial score (nSPS) is 10.8. The van der Waals surface area contributed by atoms with E-state index in [-0.39, 0.29) is 6.61 Å². The summed E-state index contributed by atoms with van der Waals surface area (Å²) in [6, 6.07) is 18.4. The van der Waals surface area contributed by atoms with E-state index < -0.39 is 5.91 Å². The first kappa shape index (κ1) is 18.0. The predicted octanol–water partition coefficient (Wildman–Crippen LogP) is 3.01. The molecule has 4 nitrogen and oxygen atoms in total. The molecule has 0 heterocycles. The summed E-state index contributed by atoms with van der Waals surface area (Å²) in [6.45, 7) is 5.22. The highest BCUT2D eigenvalue weighted by molar-refractivity contribution is 5.75. The van der Waals surface area contributed by atoms with E-state index in [2.05, 4.69) is 42.2 Å². The third-order valence-electron chi connectivity index (χ3n) is 3.81. The van der Waals surface area contributed by atoms with Crippen LogP contribution in [0, 0.1) is 0 Å². The Morgan fingerprint density at radius 3 is 2.33 bits per heavy atom. The third-order valence-corrected chi connectivity index (χ3v) is 3.81. The van der Waals surface area contributed by atoms with Crippen molar-refractivity contribution < 1.29 is 9.53 Å². The molecule has 24 heavy (non-hydrogen) atoms. The van der Waals surface area contributed by atoms with Gasteiger partial charge in [0.2, 0.25) is 0 Å². The van der Waals surface area contributed by atoms with Crippen LogP contribution in [0.5, 0.6) is 5.75 Å². The van der Waals surface area contributed by atoms with Gasteiger partial charge in [0, 0.05) is 13.1 Å². The molecule has 0 aliphatic carbocycles. The molecule has 2 aromatic rings. The van der Waals surface area contributed by atoms with Gasteiger partial charge in [0.15, 0.2) is 6.61 Å². The molecule has 0 saturated heterocycles. The number of ether oxygens (including phenoxy) is 1. The van der Waals surface area contributed by atoms with Crippen LogP contribution in [0.2, 0.25) is 0 Å². The van der Waals surface area contributed by atoms with Crippen LogP contribution in [0.1, 0.15) is 24.5 Å². The second-order valence-corrected chi connectivity index (χ2v) is 5.91. The van der Waals surface area contributed by atoms with E-state index >= 15 is 0 Å². The molecule has 2 N–H and O–H groups in total. The van der Waals surface area contributed by atoms with Gasteiger partial charge in [0.1, 0.15) is 5.75 Å². The molecule has 0 bridgehead atoms. The van der Waals surface area contributed by atoms with E-state index in [0.29, 0.717) is 5.75 Å². The summed E-state index contributed by atoms with van der Waals surface area (Å²) in [5.74, 6) is 0.211. The Labute approximate surface area is 144 Å². The zero-order chi connectivity index (χ0) is 17.2. The Morgan fingerprint density at radius 2 is 1.71 bits per heavy atom. The van der Waals surface area contributed by atoms with Crippen molar-refractivity contribution in [3.63, 3.8) is 0 Å². The molecule has 0 unspecified atom stereocenters. The molecule has 0 saturated carbocycles. The third kappa shape index (κ3) is 6.42. The molecule has 0 aromatic heterocycles. The minimum absolute atomic E-state index is 0.0826. The number of amides is 1. The highest BCUT2D eigenvalue weighted by Crippen LogP contribution is 2.13. The van der Waals surface area contributed by atoms with Crippen molar-refractivity contribution in [2.24, 2.45) is 5.73 Å². The van der Waals surface area contributed by atoms with Crippen molar-refractivity contribution >= 4 is 5.91 Å². The van der Waals surface area contributed by atoms with E-state index in [0.717, 1.165) is 32.5 Å². The van der Waals surface area contributed by atoms with Crippen LogP contribution in [-0.4, -0.2) is 30.5 Å². The standard InChI is InChI=1S/C20H26N2O2/c1-2-13-22(15-18-6-4-3-5-7-18)14-12-17-8-10-19(11-9-17)24-16-20(21)23/h3-11H,2,12-16H2,1H3,(H2,21,23). The highest BCUT2D eigenvalue weighted by atomic mass is 16.5. The van der Waals surface area contributed by atoms with Gasteiger partial charge in [-0.15, -0.1) is 0 Å². The quantitative estimate of drug-likeness (QED) is 0.730. The monoisotopic (exact) mass is 326 g/mol. The summed E-state index contributed by atoms with van der Waals surface area (Å²) in [5, 5.41) is 0.